The molecule has 6 rings (SSSR count). The maximum atomic E-state index is 13.5. The molecule has 2 aliphatic heterocycles. The molecule has 1 atom stereocenters. The SMILES string of the molecule is Cc1nc(NC2(C)CC2)c2c(C(=O)N3CCc4nc(C5CCO5)ccc4C3)coc2n1. The fraction of sp³-hybridized carbons (Fsp3) is 0.478. The summed E-state index contributed by atoms with van der Waals surface area (Å²) in [6.07, 6.45) is 5.58. The molecule has 1 saturated carbocycles. The number of rotatable bonds is 4. The largest absolute Gasteiger partial charge is 0.445 e. The molecule has 3 aromatic heterocycles. The summed E-state index contributed by atoms with van der Waals surface area (Å²) in [5.74, 6) is 1.24. The highest BCUT2D eigenvalue weighted by molar-refractivity contribution is 6.09. The zero-order chi connectivity index (χ0) is 21.2. The van der Waals surface area contributed by atoms with E-state index >= 15 is 0 Å². The van der Waals surface area contributed by atoms with Crippen molar-refractivity contribution < 1.29 is 13.9 Å². The van der Waals surface area contributed by atoms with Crippen LogP contribution in [0.5, 0.6) is 0 Å². The number of nitrogens with zero attached hydrogens (tertiary/aromatic N) is 4. The van der Waals surface area contributed by atoms with Crippen molar-refractivity contribution in [3.05, 3.63) is 46.7 Å². The molecule has 1 N–H and O–H groups in total. The van der Waals surface area contributed by atoms with E-state index in [-0.39, 0.29) is 17.6 Å². The number of hydrogen-bond donors (Lipinski definition) is 1. The van der Waals surface area contributed by atoms with Gasteiger partial charge in [0.2, 0.25) is 5.71 Å². The number of ether oxygens (including phenoxy) is 1. The summed E-state index contributed by atoms with van der Waals surface area (Å²) in [4.78, 5) is 29.1. The first-order chi connectivity index (χ1) is 15.0. The maximum absolute atomic E-state index is 13.5. The van der Waals surface area contributed by atoms with E-state index in [4.69, 9.17) is 14.1 Å². The Balaban J connectivity index is 1.30. The van der Waals surface area contributed by atoms with Crippen LogP contribution in [0.4, 0.5) is 5.82 Å². The smallest absolute Gasteiger partial charge is 0.258 e. The third kappa shape index (κ3) is 3.26. The Kier molecular flexibility index (Phi) is 4.08. The zero-order valence-corrected chi connectivity index (χ0v) is 17.8. The van der Waals surface area contributed by atoms with Gasteiger partial charge in [-0.2, -0.15) is 4.98 Å². The number of anilines is 1. The van der Waals surface area contributed by atoms with Crippen LogP contribution in [0, 0.1) is 6.92 Å². The number of carbonyl (C=O) groups is 1. The minimum absolute atomic E-state index is 0.0307. The first-order valence-electron chi connectivity index (χ1n) is 10.9. The summed E-state index contributed by atoms with van der Waals surface area (Å²) in [6, 6.07) is 4.11. The molecule has 1 unspecified atom stereocenters. The average molecular weight is 419 g/mol. The quantitative estimate of drug-likeness (QED) is 0.691. The molecular weight excluding hydrogens is 394 g/mol. The number of aromatic nitrogens is 3. The highest BCUT2D eigenvalue weighted by atomic mass is 16.5. The number of fused-ring (bicyclic) bond motifs is 2. The van der Waals surface area contributed by atoms with Crippen LogP contribution in [0.15, 0.2) is 22.8 Å². The van der Waals surface area contributed by atoms with Gasteiger partial charge in [-0.25, -0.2) is 4.98 Å². The summed E-state index contributed by atoms with van der Waals surface area (Å²) in [5.41, 5.74) is 4.15. The highest BCUT2D eigenvalue weighted by Crippen LogP contribution is 2.40. The van der Waals surface area contributed by atoms with Gasteiger partial charge in [0.1, 0.15) is 24.0 Å². The van der Waals surface area contributed by atoms with Crippen molar-refractivity contribution in [2.75, 3.05) is 18.5 Å². The van der Waals surface area contributed by atoms with E-state index < -0.39 is 0 Å². The lowest BCUT2D eigenvalue weighted by atomic mass is 10.0. The van der Waals surface area contributed by atoms with E-state index in [9.17, 15) is 4.79 Å². The van der Waals surface area contributed by atoms with Crippen LogP contribution in [0.25, 0.3) is 11.1 Å². The summed E-state index contributed by atoms with van der Waals surface area (Å²) in [6.45, 7) is 5.96. The van der Waals surface area contributed by atoms with Crippen molar-refractivity contribution >= 4 is 22.8 Å². The predicted molar refractivity (Wildman–Crippen MR) is 114 cm³/mol. The topological polar surface area (TPSA) is 93.4 Å². The van der Waals surface area contributed by atoms with Gasteiger partial charge in [-0.1, -0.05) is 6.07 Å². The second-order valence-electron chi connectivity index (χ2n) is 9.10. The number of aryl methyl sites for hydroxylation is 1. The van der Waals surface area contributed by atoms with E-state index in [1.54, 1.807) is 0 Å². The minimum atomic E-state index is -0.0627. The van der Waals surface area contributed by atoms with Gasteiger partial charge >= 0.3 is 0 Å². The number of hydrogen-bond acceptors (Lipinski definition) is 7. The van der Waals surface area contributed by atoms with Crippen LogP contribution in [0.1, 0.15) is 65.4 Å². The minimum Gasteiger partial charge on any atom is -0.445 e. The van der Waals surface area contributed by atoms with Crippen LogP contribution in [-0.2, 0) is 17.7 Å². The summed E-state index contributed by atoms with van der Waals surface area (Å²) in [5, 5.41) is 4.17. The van der Waals surface area contributed by atoms with Crippen LogP contribution >= 0.6 is 0 Å². The van der Waals surface area contributed by atoms with Gasteiger partial charge in [0.15, 0.2) is 0 Å². The van der Waals surface area contributed by atoms with Gasteiger partial charge < -0.3 is 19.4 Å². The molecule has 3 aromatic rings. The molecule has 1 saturated heterocycles. The van der Waals surface area contributed by atoms with Crippen molar-refractivity contribution in [2.24, 2.45) is 0 Å². The lowest BCUT2D eigenvalue weighted by molar-refractivity contribution is -0.0554. The van der Waals surface area contributed by atoms with Crippen LogP contribution in [0.3, 0.4) is 0 Å². The van der Waals surface area contributed by atoms with Gasteiger partial charge in [0, 0.05) is 37.2 Å². The number of amides is 1. The monoisotopic (exact) mass is 419 g/mol. The fourth-order valence-electron chi connectivity index (χ4n) is 4.32. The van der Waals surface area contributed by atoms with Crippen molar-refractivity contribution in [2.45, 2.75) is 57.7 Å². The molecular formula is C23H25N5O3. The van der Waals surface area contributed by atoms with E-state index in [1.807, 2.05) is 17.9 Å². The van der Waals surface area contributed by atoms with E-state index in [0.717, 1.165) is 49.2 Å². The molecule has 3 aliphatic rings. The predicted octanol–water partition coefficient (Wildman–Crippen LogP) is 3.55. The molecule has 8 heteroatoms. The van der Waals surface area contributed by atoms with E-state index in [2.05, 4.69) is 28.3 Å². The Bertz CT molecular complexity index is 1200. The van der Waals surface area contributed by atoms with Crippen molar-refractivity contribution in [3.63, 3.8) is 0 Å². The number of carbonyl (C=O) groups excluding carboxylic acids is 1. The molecule has 160 valence electrons. The second-order valence-corrected chi connectivity index (χ2v) is 9.10. The van der Waals surface area contributed by atoms with Crippen LogP contribution in [0.2, 0.25) is 0 Å². The Morgan fingerprint density at radius 3 is 2.84 bits per heavy atom. The zero-order valence-electron chi connectivity index (χ0n) is 17.8. The Morgan fingerprint density at radius 1 is 1.26 bits per heavy atom. The van der Waals surface area contributed by atoms with E-state index in [1.165, 1.54) is 6.26 Å². The highest BCUT2D eigenvalue weighted by Gasteiger charge is 2.39. The fourth-order valence-corrected chi connectivity index (χ4v) is 4.32. The summed E-state index contributed by atoms with van der Waals surface area (Å²) < 4.78 is 11.2. The molecule has 0 bridgehead atoms. The molecule has 1 aliphatic carbocycles. The van der Waals surface area contributed by atoms with Crippen molar-refractivity contribution in [1.29, 1.82) is 0 Å². The number of pyridine rings is 1. The third-order valence-electron chi connectivity index (χ3n) is 6.58. The molecule has 31 heavy (non-hydrogen) atoms. The molecule has 8 nitrogen and oxygen atoms in total. The Morgan fingerprint density at radius 2 is 2.10 bits per heavy atom. The lowest BCUT2D eigenvalue weighted by Crippen LogP contribution is -2.36. The third-order valence-corrected chi connectivity index (χ3v) is 6.58. The standard InChI is InChI=1S/C23H25N5O3/c1-13-24-20(27-23(2)7-8-23)19-15(12-31-21(19)25-13)22(29)28-9-5-16-14(11-28)3-4-17(26-16)18-6-10-30-18/h3-4,12,18H,5-11H2,1-2H3,(H,24,25,27). The van der Waals surface area contributed by atoms with Gasteiger partial charge in [0.25, 0.3) is 5.91 Å². The maximum Gasteiger partial charge on any atom is 0.258 e. The summed E-state index contributed by atoms with van der Waals surface area (Å²) in [7, 11) is 0. The van der Waals surface area contributed by atoms with Crippen LogP contribution in [-0.4, -0.2) is 44.4 Å². The van der Waals surface area contributed by atoms with E-state index in [0.29, 0.717) is 41.4 Å². The molecule has 2 fully saturated rings. The molecule has 0 radical (unpaired) electrons. The summed E-state index contributed by atoms with van der Waals surface area (Å²) >= 11 is 0. The average Bonchev–Trinajstić information content (AvgIpc) is 3.28. The number of nitrogens with one attached hydrogen (secondary N) is 1. The molecule has 0 spiro atoms. The Labute approximate surface area is 180 Å². The molecule has 5 heterocycles. The first kappa shape index (κ1) is 18.7. The van der Waals surface area contributed by atoms with Gasteiger partial charge in [0.05, 0.1) is 23.3 Å². The van der Waals surface area contributed by atoms with Gasteiger partial charge in [-0.15, -0.1) is 0 Å². The lowest BCUT2D eigenvalue weighted by Gasteiger charge is -2.30. The Hall–Kier alpha value is -3.00. The normalized spacial score (nSPS) is 21.5. The van der Waals surface area contributed by atoms with Gasteiger partial charge in [-0.3, -0.25) is 9.78 Å². The number of furan rings is 1. The first-order valence-corrected chi connectivity index (χ1v) is 10.9. The van der Waals surface area contributed by atoms with Gasteiger partial charge in [-0.05, 0) is 38.3 Å². The molecule has 1 amide bonds. The van der Waals surface area contributed by atoms with Crippen molar-refractivity contribution in [1.82, 2.24) is 19.9 Å². The second kappa shape index (κ2) is 6.75. The molecule has 0 aromatic carbocycles. The van der Waals surface area contributed by atoms with Crippen LogP contribution < -0.4 is 5.32 Å². The van der Waals surface area contributed by atoms with Crippen molar-refractivity contribution in [3.8, 4) is 0 Å².